The molecule has 1 aliphatic heterocycles. The highest BCUT2D eigenvalue weighted by Gasteiger charge is 2.55. The molecular weight excluding hydrogens is 296 g/mol. The summed E-state index contributed by atoms with van der Waals surface area (Å²) in [5.74, 6) is -1.41. The molecule has 23 heavy (non-hydrogen) atoms. The van der Waals surface area contributed by atoms with E-state index in [9.17, 15) is 9.90 Å². The van der Waals surface area contributed by atoms with Crippen LogP contribution in [0.3, 0.4) is 0 Å². The highest BCUT2D eigenvalue weighted by atomic mass is 16.6. The molecule has 2 unspecified atom stereocenters. The predicted octanol–water partition coefficient (Wildman–Crippen LogP) is 3.04. The summed E-state index contributed by atoms with van der Waals surface area (Å²) in [6.07, 6.45) is 4.31. The van der Waals surface area contributed by atoms with Crippen LogP contribution in [0.1, 0.15) is 66.7 Å². The van der Waals surface area contributed by atoms with Gasteiger partial charge in [-0.3, -0.25) is 4.79 Å². The van der Waals surface area contributed by atoms with Crippen LogP contribution >= 0.6 is 0 Å². The van der Waals surface area contributed by atoms with Crippen LogP contribution in [0.5, 0.6) is 0 Å². The number of carbonyl (C=O) groups is 1. The number of ether oxygens (including phenoxy) is 3. The molecule has 1 saturated carbocycles. The first-order valence-corrected chi connectivity index (χ1v) is 8.82. The summed E-state index contributed by atoms with van der Waals surface area (Å²) in [6.45, 7) is 10.6. The highest BCUT2D eigenvalue weighted by molar-refractivity contribution is 5.78. The molecule has 0 radical (unpaired) electrons. The zero-order valence-corrected chi connectivity index (χ0v) is 15.2. The molecule has 0 bridgehead atoms. The quantitative estimate of drug-likeness (QED) is 0.442. The van der Waals surface area contributed by atoms with Crippen LogP contribution in [-0.2, 0) is 19.0 Å². The maximum Gasteiger partial charge on any atom is 0.315 e. The van der Waals surface area contributed by atoms with E-state index < -0.39 is 16.8 Å². The summed E-state index contributed by atoms with van der Waals surface area (Å²) in [5, 5.41) is 10.8. The fourth-order valence-electron chi connectivity index (χ4n) is 3.45. The van der Waals surface area contributed by atoms with E-state index in [4.69, 9.17) is 14.2 Å². The summed E-state index contributed by atoms with van der Waals surface area (Å²) in [6, 6.07) is 0. The first kappa shape index (κ1) is 18.7. The molecule has 1 N–H and O–H groups in total. The smallest absolute Gasteiger partial charge is 0.315 e. The van der Waals surface area contributed by atoms with Crippen molar-refractivity contribution in [3.05, 3.63) is 0 Å². The summed E-state index contributed by atoms with van der Waals surface area (Å²) in [4.78, 5) is 12.8. The molecule has 1 saturated heterocycles. The minimum Gasteiger partial charge on any atom is -0.462 e. The van der Waals surface area contributed by atoms with Crippen molar-refractivity contribution in [1.29, 1.82) is 0 Å². The maximum atomic E-state index is 12.8. The molecule has 5 nitrogen and oxygen atoms in total. The lowest BCUT2D eigenvalue weighted by atomic mass is 9.67. The number of carbonyl (C=O) groups excluding carboxylic acids is 1. The Labute approximate surface area is 139 Å². The monoisotopic (exact) mass is 328 g/mol. The molecule has 2 atom stereocenters. The van der Waals surface area contributed by atoms with Gasteiger partial charge in [0.1, 0.15) is 12.7 Å². The fourth-order valence-corrected chi connectivity index (χ4v) is 3.45. The van der Waals surface area contributed by atoms with Crippen LogP contribution in [0.4, 0.5) is 0 Å². The SMILES string of the molecule is CC(C)C(C)(C(=O)OCC1CO1)C(C)(C)OC1(O)CCCCC1. The van der Waals surface area contributed by atoms with Crippen molar-refractivity contribution in [3.8, 4) is 0 Å². The third kappa shape index (κ3) is 4.06. The maximum absolute atomic E-state index is 12.8. The summed E-state index contributed by atoms with van der Waals surface area (Å²) in [5.41, 5.74) is -1.69. The Kier molecular flexibility index (Phi) is 5.44. The number of rotatable bonds is 7. The molecule has 134 valence electrons. The second-order valence-electron chi connectivity index (χ2n) is 8.03. The number of hydrogen-bond acceptors (Lipinski definition) is 5. The van der Waals surface area contributed by atoms with E-state index in [0.717, 1.165) is 19.3 Å². The second kappa shape index (κ2) is 6.69. The summed E-state index contributed by atoms with van der Waals surface area (Å²) in [7, 11) is 0. The average molecular weight is 328 g/mol. The highest BCUT2D eigenvalue weighted by Crippen LogP contribution is 2.46. The molecule has 0 aromatic heterocycles. The number of hydrogen-bond donors (Lipinski definition) is 1. The molecular formula is C18H32O5. The van der Waals surface area contributed by atoms with E-state index in [1.807, 2.05) is 34.6 Å². The summed E-state index contributed by atoms with van der Waals surface area (Å²) < 4.78 is 16.7. The van der Waals surface area contributed by atoms with E-state index >= 15 is 0 Å². The standard InChI is InChI=1S/C18H32O5/c1-13(2)17(5,15(19)22-12-14-11-21-14)16(3,4)23-18(20)9-7-6-8-10-18/h13-14,20H,6-12H2,1-5H3. The first-order chi connectivity index (χ1) is 10.6. The van der Waals surface area contributed by atoms with Crippen LogP contribution in [0.25, 0.3) is 0 Å². The first-order valence-electron chi connectivity index (χ1n) is 8.82. The van der Waals surface area contributed by atoms with Gasteiger partial charge in [-0.15, -0.1) is 0 Å². The third-order valence-electron chi connectivity index (χ3n) is 5.71. The topological polar surface area (TPSA) is 68.3 Å². The van der Waals surface area contributed by atoms with Gasteiger partial charge in [0.05, 0.1) is 17.6 Å². The van der Waals surface area contributed by atoms with Crippen molar-refractivity contribution in [2.24, 2.45) is 11.3 Å². The van der Waals surface area contributed by atoms with E-state index in [1.54, 1.807) is 0 Å². The van der Waals surface area contributed by atoms with Gasteiger partial charge in [-0.2, -0.15) is 0 Å². The molecule has 2 fully saturated rings. The van der Waals surface area contributed by atoms with Crippen molar-refractivity contribution in [2.45, 2.75) is 84.2 Å². The van der Waals surface area contributed by atoms with E-state index in [2.05, 4.69) is 0 Å². The zero-order chi connectivity index (χ0) is 17.3. The Morgan fingerprint density at radius 2 is 1.83 bits per heavy atom. The largest absolute Gasteiger partial charge is 0.462 e. The van der Waals surface area contributed by atoms with Crippen molar-refractivity contribution < 1.29 is 24.1 Å². The van der Waals surface area contributed by atoms with E-state index in [0.29, 0.717) is 26.1 Å². The summed E-state index contributed by atoms with van der Waals surface area (Å²) >= 11 is 0. The Morgan fingerprint density at radius 1 is 1.26 bits per heavy atom. The van der Waals surface area contributed by atoms with Gasteiger partial charge >= 0.3 is 5.97 Å². The van der Waals surface area contributed by atoms with E-state index in [1.165, 1.54) is 0 Å². The normalized spacial score (nSPS) is 26.7. The minimum absolute atomic E-state index is 0.0114. The molecule has 0 aromatic carbocycles. The van der Waals surface area contributed by atoms with Crippen LogP contribution in [0.2, 0.25) is 0 Å². The van der Waals surface area contributed by atoms with Gasteiger partial charge in [0.2, 0.25) is 0 Å². The minimum atomic E-state index is -1.14. The Hall–Kier alpha value is -0.650. The van der Waals surface area contributed by atoms with E-state index in [-0.39, 0.29) is 18.0 Å². The van der Waals surface area contributed by atoms with Crippen molar-refractivity contribution >= 4 is 5.97 Å². The van der Waals surface area contributed by atoms with Crippen LogP contribution in [-0.4, -0.2) is 41.8 Å². The molecule has 0 amide bonds. The molecule has 2 rings (SSSR count). The average Bonchev–Trinajstić information content (AvgIpc) is 3.27. The molecule has 0 spiro atoms. The Morgan fingerprint density at radius 3 is 2.30 bits per heavy atom. The lowest BCUT2D eigenvalue weighted by molar-refractivity contribution is -0.298. The number of aliphatic hydroxyl groups is 1. The molecule has 1 heterocycles. The van der Waals surface area contributed by atoms with Crippen molar-refractivity contribution in [2.75, 3.05) is 13.2 Å². The third-order valence-corrected chi connectivity index (χ3v) is 5.71. The predicted molar refractivity (Wildman–Crippen MR) is 86.8 cm³/mol. The van der Waals surface area contributed by atoms with Crippen molar-refractivity contribution in [3.63, 3.8) is 0 Å². The van der Waals surface area contributed by atoms with Gasteiger partial charge in [-0.1, -0.05) is 20.3 Å². The van der Waals surface area contributed by atoms with Gasteiger partial charge in [0.15, 0.2) is 5.79 Å². The molecule has 2 aliphatic rings. The molecule has 0 aromatic rings. The lowest BCUT2D eigenvalue weighted by Gasteiger charge is -2.49. The fraction of sp³-hybridized carbons (Fsp3) is 0.944. The van der Waals surface area contributed by atoms with Crippen molar-refractivity contribution in [1.82, 2.24) is 0 Å². The van der Waals surface area contributed by atoms with Gasteiger partial charge in [0, 0.05) is 12.8 Å². The second-order valence-corrected chi connectivity index (χ2v) is 8.03. The molecule has 1 aliphatic carbocycles. The van der Waals surface area contributed by atoms with Crippen LogP contribution in [0, 0.1) is 11.3 Å². The lowest BCUT2D eigenvalue weighted by Crippen LogP contribution is -2.57. The van der Waals surface area contributed by atoms with Crippen LogP contribution in [0.15, 0.2) is 0 Å². The van der Waals surface area contributed by atoms with Crippen LogP contribution < -0.4 is 0 Å². The Balaban J connectivity index is 2.13. The van der Waals surface area contributed by atoms with Gasteiger partial charge in [-0.05, 0) is 39.5 Å². The van der Waals surface area contributed by atoms with Gasteiger partial charge in [0.25, 0.3) is 0 Å². The Bertz CT molecular complexity index is 421. The number of esters is 1. The molecule has 5 heteroatoms. The number of epoxide rings is 1. The zero-order valence-electron chi connectivity index (χ0n) is 15.2. The van der Waals surface area contributed by atoms with Gasteiger partial charge in [-0.25, -0.2) is 0 Å². The van der Waals surface area contributed by atoms with Gasteiger partial charge < -0.3 is 19.3 Å².